The molecule has 200 valence electrons. The minimum Gasteiger partial charge on any atom is -0.463 e. The molecule has 1 aromatic carbocycles. The predicted molar refractivity (Wildman–Crippen MR) is 137 cm³/mol. The van der Waals surface area contributed by atoms with Crippen molar-refractivity contribution < 1.29 is 29.0 Å². The first-order valence-corrected chi connectivity index (χ1v) is 13.4. The Labute approximate surface area is 222 Å². The summed E-state index contributed by atoms with van der Waals surface area (Å²) >= 11 is 13.8. The van der Waals surface area contributed by atoms with Gasteiger partial charge in [0.15, 0.2) is 6.61 Å². The van der Waals surface area contributed by atoms with Crippen molar-refractivity contribution in [2.45, 2.75) is 74.4 Å². The van der Waals surface area contributed by atoms with Gasteiger partial charge in [0, 0.05) is 23.3 Å². The van der Waals surface area contributed by atoms with Crippen LogP contribution in [0.3, 0.4) is 0 Å². The second kappa shape index (κ2) is 13.1. The van der Waals surface area contributed by atoms with E-state index < -0.39 is 58.7 Å². The molecule has 3 N–H and O–H groups in total. The molecule has 0 radical (unpaired) electrons. The van der Waals surface area contributed by atoms with Crippen LogP contribution in [-0.2, 0) is 30.3 Å². The number of hydrogen-bond acceptors (Lipinski definition) is 7. The number of esters is 2. The monoisotopic (exact) mass is 542 g/mol. The second-order valence-corrected chi connectivity index (χ2v) is 10.6. The number of aliphatic hydroxyl groups excluding tert-OH is 1. The van der Waals surface area contributed by atoms with Gasteiger partial charge in [-0.1, -0.05) is 43.2 Å². The molecule has 1 amide bonds. The summed E-state index contributed by atoms with van der Waals surface area (Å²) in [5, 5.41) is 16.1. The van der Waals surface area contributed by atoms with E-state index in [1.165, 1.54) is 0 Å². The van der Waals surface area contributed by atoms with E-state index in [9.17, 15) is 19.5 Å². The molecule has 1 spiro atoms. The Morgan fingerprint density at radius 2 is 1.89 bits per heavy atom. The fourth-order valence-corrected chi connectivity index (χ4v) is 6.88. The van der Waals surface area contributed by atoms with Gasteiger partial charge in [-0.3, -0.25) is 4.79 Å². The molecule has 10 heteroatoms. The molecule has 2 aliphatic rings. The van der Waals surface area contributed by atoms with Crippen molar-refractivity contribution in [2.75, 3.05) is 20.3 Å². The van der Waals surface area contributed by atoms with Crippen LogP contribution in [0.25, 0.3) is 0 Å². The molecule has 6 unspecified atom stereocenters. The van der Waals surface area contributed by atoms with Crippen LogP contribution in [0.4, 0.5) is 0 Å². The van der Waals surface area contributed by atoms with Gasteiger partial charge in [-0.25, -0.2) is 9.59 Å². The highest BCUT2D eigenvalue weighted by Gasteiger charge is 2.58. The van der Waals surface area contributed by atoms with Gasteiger partial charge in [-0.2, -0.15) is 0 Å². The summed E-state index contributed by atoms with van der Waals surface area (Å²) in [7, 11) is 1.87. The van der Waals surface area contributed by atoms with Crippen LogP contribution in [0, 0.1) is 11.3 Å². The molecule has 0 aromatic heterocycles. The van der Waals surface area contributed by atoms with Gasteiger partial charge in [0.05, 0.1) is 24.0 Å². The Kier molecular flexibility index (Phi) is 10.4. The molecule has 2 saturated carbocycles. The standard InChI is InChI=1S/C26H36Cl2N2O6/c1-3-35-21(31)15-36-25(34)18(13-16-9-5-4-6-10-16)30-24(33)17-14-19(27)26(23(28)22(17)32)12-8-7-11-20(26)29-2/h4-6,9-10,17-20,22-23,29,32H,3,7-8,11-15H2,1-2H3,(H,30,33)/t17?,18-,19?,20?,22?,23?,26?/m1/s1. The highest BCUT2D eigenvalue weighted by molar-refractivity contribution is 6.25. The van der Waals surface area contributed by atoms with Crippen molar-refractivity contribution in [3.8, 4) is 0 Å². The minimum atomic E-state index is -1.14. The van der Waals surface area contributed by atoms with E-state index in [1.54, 1.807) is 6.92 Å². The summed E-state index contributed by atoms with van der Waals surface area (Å²) in [6.07, 6.45) is 2.92. The van der Waals surface area contributed by atoms with Crippen molar-refractivity contribution >= 4 is 41.0 Å². The smallest absolute Gasteiger partial charge is 0.344 e. The summed E-state index contributed by atoms with van der Waals surface area (Å²) < 4.78 is 9.92. The Hall–Kier alpha value is -1.87. The number of amides is 1. The average molecular weight is 543 g/mol. The minimum absolute atomic E-state index is 0.0404. The lowest BCUT2D eigenvalue weighted by Crippen LogP contribution is -2.65. The van der Waals surface area contributed by atoms with Gasteiger partial charge in [0.25, 0.3) is 0 Å². The molecule has 0 bridgehead atoms. The zero-order valence-electron chi connectivity index (χ0n) is 20.8. The van der Waals surface area contributed by atoms with Crippen molar-refractivity contribution in [3.63, 3.8) is 0 Å². The van der Waals surface area contributed by atoms with Gasteiger partial charge in [-0.05, 0) is 38.8 Å². The Bertz CT molecular complexity index is 904. The van der Waals surface area contributed by atoms with Gasteiger partial charge in [0.1, 0.15) is 6.04 Å². The Morgan fingerprint density at radius 1 is 1.17 bits per heavy atom. The molecule has 0 saturated heterocycles. The fraction of sp³-hybridized carbons (Fsp3) is 0.654. The number of hydrogen-bond donors (Lipinski definition) is 3. The summed E-state index contributed by atoms with van der Waals surface area (Å²) in [4.78, 5) is 37.9. The summed E-state index contributed by atoms with van der Waals surface area (Å²) in [6.45, 7) is 1.26. The van der Waals surface area contributed by atoms with E-state index >= 15 is 0 Å². The third-order valence-electron chi connectivity index (χ3n) is 7.48. The highest BCUT2D eigenvalue weighted by Crippen LogP contribution is 2.53. The number of alkyl halides is 2. The van der Waals surface area contributed by atoms with Crippen molar-refractivity contribution in [1.82, 2.24) is 10.6 Å². The van der Waals surface area contributed by atoms with E-state index in [-0.39, 0.29) is 25.5 Å². The maximum atomic E-state index is 13.4. The van der Waals surface area contributed by atoms with E-state index in [0.29, 0.717) is 0 Å². The lowest BCUT2D eigenvalue weighted by atomic mass is 9.59. The van der Waals surface area contributed by atoms with Gasteiger partial charge in [-0.15, -0.1) is 23.2 Å². The molecule has 7 atom stereocenters. The number of rotatable bonds is 9. The first-order valence-electron chi connectivity index (χ1n) is 12.5. The third-order valence-corrected chi connectivity index (χ3v) is 8.73. The molecule has 0 aliphatic heterocycles. The van der Waals surface area contributed by atoms with Crippen LogP contribution < -0.4 is 10.6 Å². The largest absolute Gasteiger partial charge is 0.463 e. The molecular formula is C26H36Cl2N2O6. The predicted octanol–water partition coefficient (Wildman–Crippen LogP) is 2.56. The van der Waals surface area contributed by atoms with Gasteiger partial charge < -0.3 is 25.2 Å². The maximum Gasteiger partial charge on any atom is 0.344 e. The van der Waals surface area contributed by atoms with Gasteiger partial charge in [0.2, 0.25) is 5.91 Å². The normalized spacial score (nSPS) is 30.9. The first-order chi connectivity index (χ1) is 17.2. The zero-order chi connectivity index (χ0) is 26.3. The van der Waals surface area contributed by atoms with E-state index in [1.807, 2.05) is 37.4 Å². The zero-order valence-corrected chi connectivity index (χ0v) is 22.3. The highest BCUT2D eigenvalue weighted by atomic mass is 35.5. The molecule has 36 heavy (non-hydrogen) atoms. The van der Waals surface area contributed by atoms with E-state index in [0.717, 1.165) is 31.2 Å². The number of carbonyl (C=O) groups excluding carboxylic acids is 3. The van der Waals surface area contributed by atoms with Crippen LogP contribution in [0.1, 0.15) is 44.6 Å². The van der Waals surface area contributed by atoms with Crippen molar-refractivity contribution in [1.29, 1.82) is 0 Å². The third kappa shape index (κ3) is 6.33. The van der Waals surface area contributed by atoms with E-state index in [2.05, 4.69) is 10.6 Å². The number of ether oxygens (including phenoxy) is 2. The summed E-state index contributed by atoms with van der Waals surface area (Å²) in [5.74, 6) is -2.87. The molecule has 2 fully saturated rings. The first kappa shape index (κ1) is 28.7. The number of carbonyl (C=O) groups is 3. The lowest BCUT2D eigenvalue weighted by Gasteiger charge is -2.55. The van der Waals surface area contributed by atoms with Crippen LogP contribution in [0.15, 0.2) is 30.3 Å². The molecule has 3 rings (SSSR count). The fourth-order valence-electron chi connectivity index (χ4n) is 5.63. The molecular weight excluding hydrogens is 507 g/mol. The molecule has 0 heterocycles. The second-order valence-electron chi connectivity index (χ2n) is 9.57. The van der Waals surface area contributed by atoms with Crippen molar-refractivity contribution in [2.24, 2.45) is 11.3 Å². The molecule has 2 aliphatic carbocycles. The molecule has 8 nitrogen and oxygen atoms in total. The van der Waals surface area contributed by atoms with Crippen LogP contribution >= 0.6 is 23.2 Å². The average Bonchev–Trinajstić information content (AvgIpc) is 2.88. The van der Waals surface area contributed by atoms with Crippen LogP contribution in [0.5, 0.6) is 0 Å². The number of nitrogens with one attached hydrogen (secondary N) is 2. The summed E-state index contributed by atoms with van der Waals surface area (Å²) in [5.41, 5.74) is 0.262. The number of halogens is 2. The SMILES string of the molecule is CCOC(=O)COC(=O)[C@@H](Cc1ccccc1)NC(=O)C1CC(Cl)C2(CCCCC2NC)C(Cl)C1O. The topological polar surface area (TPSA) is 114 Å². The molecule has 1 aromatic rings. The Balaban J connectivity index is 1.74. The van der Waals surface area contributed by atoms with Crippen molar-refractivity contribution in [3.05, 3.63) is 35.9 Å². The summed E-state index contributed by atoms with van der Waals surface area (Å²) in [6, 6.07) is 8.10. The van der Waals surface area contributed by atoms with Crippen LogP contribution in [-0.4, -0.2) is 72.2 Å². The van der Waals surface area contributed by atoms with Gasteiger partial charge >= 0.3 is 11.9 Å². The number of benzene rings is 1. The van der Waals surface area contributed by atoms with E-state index in [4.69, 9.17) is 32.7 Å². The number of aliphatic hydroxyl groups is 1. The maximum absolute atomic E-state index is 13.4. The quantitative estimate of drug-likeness (QED) is 0.324. The van der Waals surface area contributed by atoms with Crippen LogP contribution in [0.2, 0.25) is 0 Å². The lowest BCUT2D eigenvalue weighted by molar-refractivity contribution is -0.160. The Morgan fingerprint density at radius 3 is 2.56 bits per heavy atom.